The van der Waals surface area contributed by atoms with Crippen LogP contribution in [0.4, 0.5) is 5.69 Å². The van der Waals surface area contributed by atoms with E-state index in [9.17, 15) is 4.79 Å². The average molecular weight is 406 g/mol. The van der Waals surface area contributed by atoms with Crippen molar-refractivity contribution >= 4 is 39.9 Å². The van der Waals surface area contributed by atoms with E-state index in [2.05, 4.69) is 0 Å². The van der Waals surface area contributed by atoms with Crippen LogP contribution in [0.1, 0.15) is 16.7 Å². The van der Waals surface area contributed by atoms with Gasteiger partial charge in [-0.25, -0.2) is 4.79 Å². The fraction of sp³-hybridized carbons (Fsp3) is 0.250. The first-order chi connectivity index (χ1) is 12.9. The topological polar surface area (TPSA) is 51.9 Å². The zero-order valence-electron chi connectivity index (χ0n) is 15.1. The van der Waals surface area contributed by atoms with Gasteiger partial charge in [0.1, 0.15) is 17.1 Å². The number of nitrogens with zero attached hydrogens (tertiary/aromatic N) is 1. The van der Waals surface area contributed by atoms with E-state index >= 15 is 0 Å². The molecule has 1 aromatic heterocycles. The maximum atomic E-state index is 12.2. The molecule has 0 bridgehead atoms. The van der Waals surface area contributed by atoms with Crippen LogP contribution in [0.5, 0.6) is 11.5 Å². The Kier molecular flexibility index (Phi) is 4.44. The minimum absolute atomic E-state index is 0.302. The number of anilines is 1. The average Bonchev–Trinajstić information content (AvgIpc) is 2.67. The number of methoxy groups -OCH3 is 1. The summed E-state index contributed by atoms with van der Waals surface area (Å²) in [5, 5.41) is 1.82. The molecule has 2 aromatic carbocycles. The second kappa shape index (κ2) is 6.66. The lowest BCUT2D eigenvalue weighted by Gasteiger charge is -2.32. The zero-order valence-corrected chi connectivity index (χ0v) is 16.6. The van der Waals surface area contributed by atoms with E-state index in [4.69, 9.17) is 37.1 Å². The van der Waals surface area contributed by atoms with Crippen LogP contribution in [0.15, 0.2) is 33.5 Å². The summed E-state index contributed by atoms with van der Waals surface area (Å²) in [4.78, 5) is 14.2. The van der Waals surface area contributed by atoms with Gasteiger partial charge in [0.2, 0.25) is 0 Å². The third kappa shape index (κ3) is 2.91. The molecule has 2 heterocycles. The summed E-state index contributed by atoms with van der Waals surface area (Å²) in [5.41, 5.74) is 3.20. The van der Waals surface area contributed by atoms with Gasteiger partial charge in [-0.2, -0.15) is 0 Å². The van der Waals surface area contributed by atoms with Crippen molar-refractivity contribution in [1.82, 2.24) is 0 Å². The van der Waals surface area contributed by atoms with E-state index in [1.807, 2.05) is 24.0 Å². The summed E-state index contributed by atoms with van der Waals surface area (Å²) < 4.78 is 16.7. The molecule has 0 amide bonds. The van der Waals surface area contributed by atoms with Crippen LogP contribution in [0.3, 0.4) is 0 Å². The molecule has 0 radical (unpaired) electrons. The Bertz CT molecular complexity index is 1120. The van der Waals surface area contributed by atoms with Crippen molar-refractivity contribution in [2.75, 3.05) is 18.7 Å². The van der Waals surface area contributed by atoms with E-state index in [0.717, 1.165) is 22.2 Å². The normalized spacial score (nSPS) is 13.4. The van der Waals surface area contributed by atoms with Crippen LogP contribution in [0, 0.1) is 13.8 Å². The van der Waals surface area contributed by atoms with Crippen LogP contribution in [-0.4, -0.2) is 13.8 Å². The predicted octanol–water partition coefficient (Wildman–Crippen LogP) is 5.08. The van der Waals surface area contributed by atoms with Crippen molar-refractivity contribution in [2.24, 2.45) is 0 Å². The summed E-state index contributed by atoms with van der Waals surface area (Å²) >= 11 is 12.7. The smallest absolute Gasteiger partial charge is 0.339 e. The van der Waals surface area contributed by atoms with E-state index in [1.54, 1.807) is 26.2 Å². The molecule has 140 valence electrons. The SMILES string of the molecule is COc1ccc(N2COc3c(Cl)cc4c(C)c(C)c(=O)oc4c3C2)cc1Cl. The number of hydrogen-bond donors (Lipinski definition) is 0. The van der Waals surface area contributed by atoms with Gasteiger partial charge >= 0.3 is 5.63 Å². The molecule has 1 aliphatic rings. The fourth-order valence-corrected chi connectivity index (χ4v) is 3.81. The summed E-state index contributed by atoms with van der Waals surface area (Å²) in [7, 11) is 1.57. The third-order valence-corrected chi connectivity index (χ3v) is 5.54. The van der Waals surface area contributed by atoms with Crippen molar-refractivity contribution < 1.29 is 13.9 Å². The van der Waals surface area contributed by atoms with Crippen LogP contribution < -0.4 is 20.0 Å². The van der Waals surface area contributed by atoms with Gasteiger partial charge in [-0.3, -0.25) is 0 Å². The standard InChI is InChI=1S/C20H17Cl2NO4/c1-10-11(2)20(24)27-18-13(10)7-16(22)19-14(18)8-23(9-26-19)12-4-5-17(25-3)15(21)6-12/h4-7H,8-9H2,1-3H3. The van der Waals surface area contributed by atoms with Gasteiger partial charge < -0.3 is 18.8 Å². The van der Waals surface area contributed by atoms with Crippen molar-refractivity contribution in [1.29, 1.82) is 0 Å². The lowest BCUT2D eigenvalue weighted by atomic mass is 10.0. The molecule has 0 saturated carbocycles. The van der Waals surface area contributed by atoms with Gasteiger partial charge in [0.25, 0.3) is 0 Å². The first-order valence-electron chi connectivity index (χ1n) is 8.37. The third-order valence-electron chi connectivity index (χ3n) is 4.96. The molecule has 0 unspecified atom stereocenters. The van der Waals surface area contributed by atoms with E-state index in [-0.39, 0.29) is 5.63 Å². The molecule has 3 aromatic rings. The van der Waals surface area contributed by atoms with E-state index < -0.39 is 0 Å². The molecule has 0 fully saturated rings. The largest absolute Gasteiger partial charge is 0.495 e. The Hall–Kier alpha value is -2.37. The van der Waals surface area contributed by atoms with Crippen molar-refractivity contribution in [3.63, 3.8) is 0 Å². The van der Waals surface area contributed by atoms with Gasteiger partial charge in [-0.1, -0.05) is 23.2 Å². The summed E-state index contributed by atoms with van der Waals surface area (Å²) in [6.45, 7) is 4.41. The number of aryl methyl sites for hydroxylation is 1. The quantitative estimate of drug-likeness (QED) is 0.556. The Morgan fingerprint density at radius 2 is 1.89 bits per heavy atom. The molecule has 1 aliphatic heterocycles. The molecule has 7 heteroatoms. The highest BCUT2D eigenvalue weighted by Gasteiger charge is 2.26. The zero-order chi connectivity index (χ0) is 19.3. The first kappa shape index (κ1) is 18.0. The minimum atomic E-state index is -0.353. The van der Waals surface area contributed by atoms with Gasteiger partial charge in [0, 0.05) is 16.6 Å². The Labute approximate surface area is 166 Å². The van der Waals surface area contributed by atoms with E-state index in [1.165, 1.54) is 0 Å². The highest BCUT2D eigenvalue weighted by molar-refractivity contribution is 6.33. The maximum absolute atomic E-state index is 12.2. The Morgan fingerprint density at radius 3 is 2.59 bits per heavy atom. The second-order valence-electron chi connectivity index (χ2n) is 6.47. The molecular weight excluding hydrogens is 389 g/mol. The number of ether oxygens (including phenoxy) is 2. The molecule has 0 aliphatic carbocycles. The van der Waals surface area contributed by atoms with Crippen LogP contribution in [0.25, 0.3) is 11.0 Å². The monoisotopic (exact) mass is 405 g/mol. The van der Waals surface area contributed by atoms with Crippen LogP contribution in [-0.2, 0) is 6.54 Å². The van der Waals surface area contributed by atoms with Crippen molar-refractivity contribution in [2.45, 2.75) is 20.4 Å². The highest BCUT2D eigenvalue weighted by atomic mass is 35.5. The molecular formula is C20H17Cl2NO4. The minimum Gasteiger partial charge on any atom is -0.495 e. The Balaban J connectivity index is 1.85. The van der Waals surface area contributed by atoms with E-state index in [0.29, 0.717) is 46.0 Å². The lowest BCUT2D eigenvalue weighted by molar-refractivity contribution is 0.289. The highest BCUT2D eigenvalue weighted by Crippen LogP contribution is 2.41. The molecule has 0 saturated heterocycles. The second-order valence-corrected chi connectivity index (χ2v) is 7.29. The maximum Gasteiger partial charge on any atom is 0.339 e. The summed E-state index contributed by atoms with van der Waals surface area (Å²) in [6, 6.07) is 7.31. The van der Waals surface area contributed by atoms with Gasteiger partial charge in [-0.05, 0) is 43.7 Å². The van der Waals surface area contributed by atoms with Crippen molar-refractivity contribution in [3.8, 4) is 11.5 Å². The molecule has 4 rings (SSSR count). The summed E-state index contributed by atoms with van der Waals surface area (Å²) in [5.74, 6) is 1.15. The number of hydrogen-bond acceptors (Lipinski definition) is 5. The van der Waals surface area contributed by atoms with Gasteiger partial charge in [-0.15, -0.1) is 0 Å². The predicted molar refractivity (Wildman–Crippen MR) is 107 cm³/mol. The van der Waals surface area contributed by atoms with Gasteiger partial charge in [0.05, 0.1) is 29.3 Å². The number of halogens is 2. The van der Waals surface area contributed by atoms with Crippen LogP contribution >= 0.6 is 23.2 Å². The van der Waals surface area contributed by atoms with Crippen molar-refractivity contribution in [3.05, 3.63) is 61.4 Å². The molecule has 0 spiro atoms. The molecule has 0 atom stereocenters. The number of benzene rings is 2. The fourth-order valence-electron chi connectivity index (χ4n) is 3.28. The van der Waals surface area contributed by atoms with Gasteiger partial charge in [0.15, 0.2) is 6.73 Å². The number of fused-ring (bicyclic) bond motifs is 3. The van der Waals surface area contributed by atoms with Crippen LogP contribution in [0.2, 0.25) is 10.0 Å². The molecule has 0 N–H and O–H groups in total. The summed E-state index contributed by atoms with van der Waals surface area (Å²) in [6.07, 6.45) is 0. The molecule has 5 nitrogen and oxygen atoms in total. The molecule has 27 heavy (non-hydrogen) atoms. The Morgan fingerprint density at radius 1 is 1.11 bits per heavy atom. The lowest BCUT2D eigenvalue weighted by Crippen LogP contribution is -2.32. The first-order valence-corrected chi connectivity index (χ1v) is 9.13. The number of rotatable bonds is 2.